The SMILES string of the molecule is CC(C)(C)c1ccccc1CC(=S)Cc1cc(C(F)(F)F)cc(C(F)(F)F)c1. The summed E-state index contributed by atoms with van der Waals surface area (Å²) in [5.74, 6) is 0. The van der Waals surface area contributed by atoms with Crippen molar-refractivity contribution in [3.05, 3.63) is 70.3 Å². The molecule has 0 atom stereocenters. The van der Waals surface area contributed by atoms with Gasteiger partial charge in [0.2, 0.25) is 0 Å². The first-order chi connectivity index (χ1) is 12.7. The zero-order valence-electron chi connectivity index (χ0n) is 15.6. The molecular weight excluding hydrogens is 398 g/mol. The second kappa shape index (κ2) is 7.85. The molecule has 2 rings (SSSR count). The predicted molar refractivity (Wildman–Crippen MR) is 102 cm³/mol. The third kappa shape index (κ3) is 5.80. The van der Waals surface area contributed by atoms with Crippen molar-refractivity contribution in [3.63, 3.8) is 0 Å². The van der Waals surface area contributed by atoms with Gasteiger partial charge in [-0.25, -0.2) is 0 Å². The topological polar surface area (TPSA) is 0 Å². The van der Waals surface area contributed by atoms with Gasteiger partial charge in [0.1, 0.15) is 0 Å². The summed E-state index contributed by atoms with van der Waals surface area (Å²) in [5, 5.41) is 0. The van der Waals surface area contributed by atoms with E-state index in [9.17, 15) is 26.3 Å². The van der Waals surface area contributed by atoms with E-state index in [4.69, 9.17) is 12.2 Å². The van der Waals surface area contributed by atoms with Gasteiger partial charge in [-0.15, -0.1) is 0 Å². The van der Waals surface area contributed by atoms with Crippen molar-refractivity contribution in [2.24, 2.45) is 0 Å². The van der Waals surface area contributed by atoms with Crippen molar-refractivity contribution in [2.75, 3.05) is 0 Å². The van der Waals surface area contributed by atoms with Crippen LogP contribution in [0, 0.1) is 0 Å². The quantitative estimate of drug-likeness (QED) is 0.374. The summed E-state index contributed by atoms with van der Waals surface area (Å²) in [7, 11) is 0. The number of halogens is 6. The molecule has 2 aromatic rings. The van der Waals surface area contributed by atoms with Crippen LogP contribution in [0.5, 0.6) is 0 Å². The summed E-state index contributed by atoms with van der Waals surface area (Å²) in [6.07, 6.45) is -9.56. The minimum atomic E-state index is -4.86. The van der Waals surface area contributed by atoms with Gasteiger partial charge in [0.25, 0.3) is 0 Å². The summed E-state index contributed by atoms with van der Waals surface area (Å²) < 4.78 is 78.0. The van der Waals surface area contributed by atoms with E-state index >= 15 is 0 Å². The average molecular weight is 418 g/mol. The molecule has 7 heteroatoms. The van der Waals surface area contributed by atoms with Gasteiger partial charge in [0, 0.05) is 17.7 Å². The minimum absolute atomic E-state index is 0.0969. The Bertz CT molecular complexity index is 824. The van der Waals surface area contributed by atoms with Gasteiger partial charge in [-0.1, -0.05) is 57.3 Å². The van der Waals surface area contributed by atoms with Crippen molar-refractivity contribution < 1.29 is 26.3 Å². The highest BCUT2D eigenvalue weighted by Crippen LogP contribution is 2.36. The molecule has 0 nitrogen and oxygen atoms in total. The van der Waals surface area contributed by atoms with E-state index in [0.29, 0.717) is 11.3 Å². The molecular formula is C21H20F6S. The van der Waals surface area contributed by atoms with Crippen LogP contribution in [0.1, 0.15) is 48.6 Å². The maximum Gasteiger partial charge on any atom is 0.416 e. The molecule has 0 N–H and O–H groups in total. The highest BCUT2D eigenvalue weighted by Gasteiger charge is 2.36. The number of hydrogen-bond acceptors (Lipinski definition) is 1. The molecule has 0 aliphatic heterocycles. The summed E-state index contributed by atoms with van der Waals surface area (Å²) in [4.78, 5) is 0.379. The Kier molecular flexibility index (Phi) is 6.28. The lowest BCUT2D eigenvalue weighted by molar-refractivity contribution is -0.143. The largest absolute Gasteiger partial charge is 0.416 e. The van der Waals surface area contributed by atoms with Crippen LogP contribution in [-0.2, 0) is 30.6 Å². The average Bonchev–Trinajstić information content (AvgIpc) is 2.52. The van der Waals surface area contributed by atoms with Crippen LogP contribution in [0.15, 0.2) is 42.5 Å². The van der Waals surface area contributed by atoms with Crippen LogP contribution in [-0.4, -0.2) is 4.86 Å². The molecule has 0 aromatic heterocycles. The molecule has 2 aromatic carbocycles. The molecule has 0 radical (unpaired) electrons. The van der Waals surface area contributed by atoms with Crippen LogP contribution in [0.2, 0.25) is 0 Å². The Balaban J connectivity index is 2.32. The number of benzene rings is 2. The Morgan fingerprint density at radius 3 is 1.75 bits per heavy atom. The summed E-state index contributed by atoms with van der Waals surface area (Å²) in [6.45, 7) is 6.08. The Morgan fingerprint density at radius 1 is 0.786 bits per heavy atom. The summed E-state index contributed by atoms with van der Waals surface area (Å²) >= 11 is 5.31. The fraction of sp³-hybridized carbons (Fsp3) is 0.381. The third-order valence-electron chi connectivity index (χ3n) is 4.26. The summed E-state index contributed by atoms with van der Waals surface area (Å²) in [6, 6.07) is 9.13. The molecule has 0 amide bonds. The van der Waals surface area contributed by atoms with E-state index in [1.54, 1.807) is 0 Å². The zero-order chi connectivity index (χ0) is 21.3. The molecule has 0 spiro atoms. The van der Waals surface area contributed by atoms with Crippen molar-refractivity contribution in [1.29, 1.82) is 0 Å². The number of alkyl halides is 6. The molecule has 0 bridgehead atoms. The Labute approximate surface area is 165 Å². The molecule has 0 aliphatic carbocycles. The van der Waals surface area contributed by atoms with Crippen molar-refractivity contribution in [2.45, 2.75) is 51.4 Å². The maximum absolute atomic E-state index is 13.0. The minimum Gasteiger partial charge on any atom is -0.166 e. The molecule has 0 fully saturated rings. The smallest absolute Gasteiger partial charge is 0.166 e. The standard InChI is InChI=1S/C21H20F6S/c1-19(2,3)18-7-5-4-6-14(18)11-17(28)10-13-8-15(20(22,23)24)12-16(9-13)21(25,26)27/h4-9,12H,10-11H2,1-3H3. The van der Waals surface area contributed by atoms with Gasteiger partial charge in [-0.2, -0.15) is 26.3 Å². The lowest BCUT2D eigenvalue weighted by Gasteiger charge is -2.23. The number of thiocarbonyl (C=S) groups is 1. The first-order valence-corrected chi connectivity index (χ1v) is 8.97. The highest BCUT2D eigenvalue weighted by atomic mass is 32.1. The first kappa shape index (κ1) is 22.4. The van der Waals surface area contributed by atoms with E-state index in [1.165, 1.54) is 0 Å². The van der Waals surface area contributed by atoms with Gasteiger partial charge in [0.15, 0.2) is 0 Å². The second-order valence-electron chi connectivity index (χ2n) is 7.71. The molecule has 152 valence electrons. The fourth-order valence-corrected chi connectivity index (χ4v) is 3.35. The van der Waals surface area contributed by atoms with Gasteiger partial charge in [0.05, 0.1) is 11.1 Å². The van der Waals surface area contributed by atoms with E-state index in [2.05, 4.69) is 0 Å². The maximum atomic E-state index is 13.0. The number of hydrogen-bond donors (Lipinski definition) is 0. The van der Waals surface area contributed by atoms with Crippen LogP contribution in [0.3, 0.4) is 0 Å². The first-order valence-electron chi connectivity index (χ1n) is 8.56. The van der Waals surface area contributed by atoms with Gasteiger partial charge >= 0.3 is 12.4 Å². The molecule has 0 saturated carbocycles. The van der Waals surface area contributed by atoms with Crippen LogP contribution in [0.4, 0.5) is 26.3 Å². The van der Waals surface area contributed by atoms with Gasteiger partial charge in [-0.05, 0) is 40.3 Å². The van der Waals surface area contributed by atoms with Crippen LogP contribution in [0.25, 0.3) is 0 Å². The van der Waals surface area contributed by atoms with Crippen molar-refractivity contribution in [1.82, 2.24) is 0 Å². The highest BCUT2D eigenvalue weighted by molar-refractivity contribution is 7.80. The molecule has 0 heterocycles. The number of rotatable bonds is 4. The molecule has 0 aliphatic rings. The third-order valence-corrected chi connectivity index (χ3v) is 4.55. The predicted octanol–water partition coefficient (Wildman–Crippen LogP) is 7.18. The zero-order valence-corrected chi connectivity index (χ0v) is 16.4. The molecule has 0 unspecified atom stereocenters. The summed E-state index contributed by atoms with van der Waals surface area (Å²) in [5.41, 5.74) is -0.947. The van der Waals surface area contributed by atoms with E-state index in [0.717, 1.165) is 23.3 Å². The van der Waals surface area contributed by atoms with E-state index < -0.39 is 23.5 Å². The Morgan fingerprint density at radius 2 is 1.29 bits per heavy atom. The molecule has 0 saturated heterocycles. The molecule has 28 heavy (non-hydrogen) atoms. The van der Waals surface area contributed by atoms with E-state index in [-0.39, 0.29) is 23.5 Å². The van der Waals surface area contributed by atoms with Crippen molar-refractivity contribution in [3.8, 4) is 0 Å². The Hall–Kier alpha value is -1.89. The lowest BCUT2D eigenvalue weighted by atomic mass is 9.82. The lowest BCUT2D eigenvalue weighted by Crippen LogP contribution is -2.17. The normalized spacial score (nSPS) is 12.9. The van der Waals surface area contributed by atoms with Gasteiger partial charge in [-0.3, -0.25) is 0 Å². The fourth-order valence-electron chi connectivity index (χ4n) is 3.03. The second-order valence-corrected chi connectivity index (χ2v) is 8.29. The van der Waals surface area contributed by atoms with E-state index in [1.807, 2.05) is 45.0 Å². The van der Waals surface area contributed by atoms with Crippen LogP contribution < -0.4 is 0 Å². The van der Waals surface area contributed by atoms with Crippen molar-refractivity contribution >= 4 is 17.1 Å². The van der Waals surface area contributed by atoms with Crippen LogP contribution >= 0.6 is 12.2 Å². The van der Waals surface area contributed by atoms with Gasteiger partial charge < -0.3 is 0 Å². The monoisotopic (exact) mass is 418 g/mol.